The van der Waals surface area contributed by atoms with Gasteiger partial charge in [-0.05, 0) is 30.0 Å². The van der Waals surface area contributed by atoms with Gasteiger partial charge in [0.25, 0.3) is 0 Å². The minimum atomic E-state index is -0.596. The molecule has 3 N–H and O–H groups in total. The number of carbonyl (C=O) groups excluding carboxylic acids is 2. The number of amides is 1. The maximum absolute atomic E-state index is 12.0. The van der Waals surface area contributed by atoms with Crippen molar-refractivity contribution < 1.29 is 14.3 Å². The highest BCUT2D eigenvalue weighted by Crippen LogP contribution is 2.09. The molecule has 0 saturated heterocycles. The number of nitrogens with one attached hydrogen (secondary N) is 1. The van der Waals surface area contributed by atoms with E-state index in [9.17, 15) is 9.59 Å². The van der Waals surface area contributed by atoms with Crippen LogP contribution in [0.1, 0.15) is 25.8 Å². The fourth-order valence-corrected chi connectivity index (χ4v) is 1.89. The van der Waals surface area contributed by atoms with Gasteiger partial charge in [-0.25, -0.2) is 4.79 Å². The highest BCUT2D eigenvalue weighted by Gasteiger charge is 2.22. The van der Waals surface area contributed by atoms with E-state index >= 15 is 0 Å². The third kappa shape index (κ3) is 5.30. The molecule has 20 heavy (non-hydrogen) atoms. The summed E-state index contributed by atoms with van der Waals surface area (Å²) in [5.74, 6) is -0.328. The normalized spacial score (nSPS) is 12.0. The Morgan fingerprint density at radius 2 is 1.85 bits per heavy atom. The Morgan fingerprint density at radius 3 is 2.35 bits per heavy atom. The van der Waals surface area contributed by atoms with Crippen molar-refractivity contribution in [2.24, 2.45) is 5.92 Å². The number of benzene rings is 1. The molecule has 0 saturated carbocycles. The zero-order valence-electron chi connectivity index (χ0n) is 12.2. The van der Waals surface area contributed by atoms with Crippen LogP contribution in [0.3, 0.4) is 0 Å². The van der Waals surface area contributed by atoms with Crippen molar-refractivity contribution >= 4 is 17.6 Å². The standard InChI is InChI=1S/C15H22N2O3/c1-10(2)8-13(15(19)20-3)17-14(18)9-11-4-6-12(16)7-5-11/h4-7,10,13H,8-9,16H2,1-3H3,(H,17,18). The van der Waals surface area contributed by atoms with Crippen molar-refractivity contribution in [3.63, 3.8) is 0 Å². The third-order valence-corrected chi connectivity index (χ3v) is 2.87. The average molecular weight is 278 g/mol. The molecular formula is C15H22N2O3. The second kappa shape index (κ2) is 7.53. The van der Waals surface area contributed by atoms with Crippen molar-refractivity contribution in [2.45, 2.75) is 32.7 Å². The molecule has 5 heteroatoms. The molecule has 0 fully saturated rings. The van der Waals surface area contributed by atoms with Crippen LogP contribution in [-0.2, 0) is 20.7 Å². The quantitative estimate of drug-likeness (QED) is 0.610. The summed E-state index contributed by atoms with van der Waals surface area (Å²) in [5.41, 5.74) is 7.09. The molecular weight excluding hydrogens is 256 g/mol. The first kappa shape index (κ1) is 16.0. The molecule has 0 spiro atoms. The highest BCUT2D eigenvalue weighted by atomic mass is 16.5. The number of carbonyl (C=O) groups is 2. The molecule has 0 aliphatic heterocycles. The molecule has 1 aromatic rings. The lowest BCUT2D eigenvalue weighted by molar-refractivity contribution is -0.145. The van der Waals surface area contributed by atoms with Crippen molar-refractivity contribution in [2.75, 3.05) is 12.8 Å². The summed E-state index contributed by atoms with van der Waals surface area (Å²) < 4.78 is 4.71. The first-order chi connectivity index (χ1) is 9.42. The van der Waals surface area contributed by atoms with Gasteiger partial charge in [-0.3, -0.25) is 4.79 Å². The van der Waals surface area contributed by atoms with Gasteiger partial charge in [0.05, 0.1) is 13.5 Å². The summed E-state index contributed by atoms with van der Waals surface area (Å²) in [7, 11) is 1.32. The molecule has 0 bridgehead atoms. The van der Waals surface area contributed by atoms with Gasteiger partial charge in [0.15, 0.2) is 0 Å². The number of rotatable bonds is 6. The number of nitrogen functional groups attached to an aromatic ring is 1. The van der Waals surface area contributed by atoms with Crippen LogP contribution in [-0.4, -0.2) is 25.0 Å². The summed E-state index contributed by atoms with van der Waals surface area (Å²) in [4.78, 5) is 23.6. The molecule has 1 unspecified atom stereocenters. The van der Waals surface area contributed by atoms with Crippen LogP contribution in [0.15, 0.2) is 24.3 Å². The van der Waals surface area contributed by atoms with E-state index in [4.69, 9.17) is 10.5 Å². The smallest absolute Gasteiger partial charge is 0.328 e. The molecule has 1 aromatic carbocycles. The van der Waals surface area contributed by atoms with E-state index in [0.29, 0.717) is 12.1 Å². The summed E-state index contributed by atoms with van der Waals surface area (Å²) in [6, 6.07) is 6.49. The van der Waals surface area contributed by atoms with Gasteiger partial charge in [-0.2, -0.15) is 0 Å². The van der Waals surface area contributed by atoms with Gasteiger partial charge in [-0.15, -0.1) is 0 Å². The monoisotopic (exact) mass is 278 g/mol. The summed E-state index contributed by atoms with van der Waals surface area (Å²) in [6.07, 6.45) is 0.770. The van der Waals surface area contributed by atoms with E-state index in [1.807, 2.05) is 13.8 Å². The molecule has 0 aromatic heterocycles. The Labute approximate surface area is 119 Å². The molecule has 0 aliphatic rings. The molecule has 1 atom stereocenters. The lowest BCUT2D eigenvalue weighted by Gasteiger charge is -2.18. The molecule has 0 heterocycles. The molecule has 110 valence electrons. The summed E-state index contributed by atoms with van der Waals surface area (Å²) >= 11 is 0. The first-order valence-electron chi connectivity index (χ1n) is 6.64. The SMILES string of the molecule is COC(=O)C(CC(C)C)NC(=O)Cc1ccc(N)cc1. The van der Waals surface area contributed by atoms with Crippen LogP contribution in [0.5, 0.6) is 0 Å². The van der Waals surface area contributed by atoms with Crippen molar-refractivity contribution in [3.05, 3.63) is 29.8 Å². The van der Waals surface area contributed by atoms with Gasteiger partial charge in [-0.1, -0.05) is 26.0 Å². The number of esters is 1. The van der Waals surface area contributed by atoms with Crippen molar-refractivity contribution in [1.29, 1.82) is 0 Å². The Bertz CT molecular complexity index is 455. The predicted octanol–water partition coefficient (Wildman–Crippen LogP) is 1.52. The zero-order chi connectivity index (χ0) is 15.1. The van der Waals surface area contributed by atoms with E-state index in [2.05, 4.69) is 5.32 Å². The Balaban J connectivity index is 2.61. The fourth-order valence-electron chi connectivity index (χ4n) is 1.89. The van der Waals surface area contributed by atoms with Gasteiger partial charge < -0.3 is 15.8 Å². The largest absolute Gasteiger partial charge is 0.467 e. The summed E-state index contributed by atoms with van der Waals surface area (Å²) in [5, 5.41) is 2.72. The molecule has 5 nitrogen and oxygen atoms in total. The van der Waals surface area contributed by atoms with Gasteiger partial charge in [0.2, 0.25) is 5.91 Å². The highest BCUT2D eigenvalue weighted by molar-refractivity contribution is 5.85. The number of hydrogen-bond acceptors (Lipinski definition) is 4. The lowest BCUT2D eigenvalue weighted by Crippen LogP contribution is -2.43. The van der Waals surface area contributed by atoms with E-state index in [1.54, 1.807) is 24.3 Å². The first-order valence-corrected chi connectivity index (χ1v) is 6.64. The number of ether oxygens (including phenoxy) is 1. The van der Waals surface area contributed by atoms with E-state index in [-0.39, 0.29) is 18.2 Å². The van der Waals surface area contributed by atoms with Crippen LogP contribution in [0.2, 0.25) is 0 Å². The van der Waals surface area contributed by atoms with Crippen LogP contribution < -0.4 is 11.1 Å². The number of nitrogens with two attached hydrogens (primary N) is 1. The average Bonchev–Trinajstić information content (AvgIpc) is 2.39. The Kier molecular flexibility index (Phi) is 6.03. The predicted molar refractivity (Wildman–Crippen MR) is 78.0 cm³/mol. The molecule has 1 rings (SSSR count). The van der Waals surface area contributed by atoms with Gasteiger partial charge in [0, 0.05) is 5.69 Å². The second-order valence-corrected chi connectivity index (χ2v) is 5.19. The number of hydrogen-bond donors (Lipinski definition) is 2. The molecule has 0 radical (unpaired) electrons. The lowest BCUT2D eigenvalue weighted by atomic mass is 10.0. The van der Waals surface area contributed by atoms with Gasteiger partial charge in [0.1, 0.15) is 6.04 Å². The van der Waals surface area contributed by atoms with Crippen molar-refractivity contribution in [1.82, 2.24) is 5.32 Å². The second-order valence-electron chi connectivity index (χ2n) is 5.19. The maximum Gasteiger partial charge on any atom is 0.328 e. The number of methoxy groups -OCH3 is 1. The van der Waals surface area contributed by atoms with Crippen LogP contribution in [0.4, 0.5) is 5.69 Å². The van der Waals surface area contributed by atoms with Crippen LogP contribution in [0.25, 0.3) is 0 Å². The minimum Gasteiger partial charge on any atom is -0.467 e. The maximum atomic E-state index is 12.0. The van der Waals surface area contributed by atoms with E-state index in [1.165, 1.54) is 7.11 Å². The fraction of sp³-hybridized carbons (Fsp3) is 0.467. The van der Waals surface area contributed by atoms with Crippen LogP contribution in [0, 0.1) is 5.92 Å². The van der Waals surface area contributed by atoms with Crippen LogP contribution >= 0.6 is 0 Å². The third-order valence-electron chi connectivity index (χ3n) is 2.87. The van der Waals surface area contributed by atoms with E-state index in [0.717, 1.165) is 5.56 Å². The zero-order valence-corrected chi connectivity index (χ0v) is 12.2. The van der Waals surface area contributed by atoms with Gasteiger partial charge >= 0.3 is 5.97 Å². The molecule has 1 amide bonds. The van der Waals surface area contributed by atoms with E-state index < -0.39 is 12.0 Å². The van der Waals surface area contributed by atoms with Crippen molar-refractivity contribution in [3.8, 4) is 0 Å². The Hall–Kier alpha value is -2.04. The minimum absolute atomic E-state index is 0.203. The topological polar surface area (TPSA) is 81.4 Å². The Morgan fingerprint density at radius 1 is 1.25 bits per heavy atom. The summed E-state index contributed by atoms with van der Waals surface area (Å²) in [6.45, 7) is 3.98. The number of anilines is 1. The molecule has 0 aliphatic carbocycles.